The summed E-state index contributed by atoms with van der Waals surface area (Å²) in [4.78, 5) is 10.0. The molecular formula is C14H22N4S. The first-order chi connectivity index (χ1) is 8.98. The van der Waals surface area contributed by atoms with Crippen molar-refractivity contribution in [2.45, 2.75) is 52.7 Å². The van der Waals surface area contributed by atoms with Gasteiger partial charge in [-0.05, 0) is 27.2 Å². The highest BCUT2D eigenvalue weighted by Gasteiger charge is 2.11. The van der Waals surface area contributed by atoms with Crippen LogP contribution in [-0.4, -0.2) is 20.1 Å². The first-order valence-corrected chi connectivity index (χ1v) is 7.47. The van der Waals surface area contributed by atoms with Gasteiger partial charge < -0.3 is 9.88 Å². The monoisotopic (exact) mass is 278 g/mol. The summed E-state index contributed by atoms with van der Waals surface area (Å²) in [6, 6.07) is 0. The molecule has 2 heterocycles. The summed E-state index contributed by atoms with van der Waals surface area (Å²) in [5, 5.41) is 4.63. The standard InChI is InChI=1S/C14H22N4S/c1-5-12-8-16-13(19-12)9-18-10-15-6-11(18)7-17-14(2,3)4/h6,8,10,17H,5,7,9H2,1-4H3. The molecule has 0 aliphatic heterocycles. The maximum Gasteiger partial charge on any atom is 0.113 e. The Kier molecular flexibility index (Phi) is 4.37. The highest BCUT2D eigenvalue weighted by molar-refractivity contribution is 7.11. The van der Waals surface area contributed by atoms with Gasteiger partial charge in [0, 0.05) is 29.4 Å². The third-order valence-corrected chi connectivity index (χ3v) is 3.98. The fraction of sp³-hybridized carbons (Fsp3) is 0.571. The van der Waals surface area contributed by atoms with Crippen molar-refractivity contribution in [2.75, 3.05) is 0 Å². The van der Waals surface area contributed by atoms with Crippen molar-refractivity contribution < 1.29 is 0 Å². The third kappa shape index (κ3) is 4.14. The molecule has 5 heteroatoms. The van der Waals surface area contributed by atoms with Crippen LogP contribution in [0, 0.1) is 0 Å². The maximum atomic E-state index is 4.46. The topological polar surface area (TPSA) is 42.7 Å². The summed E-state index contributed by atoms with van der Waals surface area (Å²) in [5.74, 6) is 0. The van der Waals surface area contributed by atoms with Crippen molar-refractivity contribution in [3.05, 3.63) is 34.3 Å². The molecule has 0 aliphatic carbocycles. The molecule has 2 aromatic heterocycles. The van der Waals surface area contributed by atoms with Gasteiger partial charge in [0.1, 0.15) is 5.01 Å². The number of nitrogens with one attached hydrogen (secondary N) is 1. The fourth-order valence-electron chi connectivity index (χ4n) is 1.72. The minimum Gasteiger partial charge on any atom is -0.326 e. The Morgan fingerprint density at radius 1 is 1.32 bits per heavy atom. The lowest BCUT2D eigenvalue weighted by molar-refractivity contribution is 0.417. The van der Waals surface area contributed by atoms with Crippen LogP contribution in [-0.2, 0) is 19.5 Å². The first kappa shape index (κ1) is 14.2. The Morgan fingerprint density at radius 2 is 2.11 bits per heavy atom. The average molecular weight is 278 g/mol. The fourth-order valence-corrected chi connectivity index (χ4v) is 2.59. The molecule has 0 bridgehead atoms. The quantitative estimate of drug-likeness (QED) is 0.914. The molecule has 1 N–H and O–H groups in total. The summed E-state index contributed by atoms with van der Waals surface area (Å²) in [6.07, 6.45) is 6.84. The second kappa shape index (κ2) is 5.84. The van der Waals surface area contributed by atoms with E-state index < -0.39 is 0 Å². The highest BCUT2D eigenvalue weighted by Crippen LogP contribution is 2.15. The SMILES string of the molecule is CCc1cnc(Cn2cncc2CNC(C)(C)C)s1. The van der Waals surface area contributed by atoms with Gasteiger partial charge in [-0.25, -0.2) is 9.97 Å². The van der Waals surface area contributed by atoms with Crippen LogP contribution in [0.25, 0.3) is 0 Å². The molecule has 0 saturated heterocycles. The molecule has 0 fully saturated rings. The van der Waals surface area contributed by atoms with Crippen LogP contribution in [0.3, 0.4) is 0 Å². The van der Waals surface area contributed by atoms with Crippen molar-refractivity contribution in [3.8, 4) is 0 Å². The Bertz CT molecular complexity index is 522. The van der Waals surface area contributed by atoms with Gasteiger partial charge in [0.15, 0.2) is 0 Å². The van der Waals surface area contributed by atoms with E-state index in [0.29, 0.717) is 0 Å². The van der Waals surface area contributed by atoms with E-state index in [1.807, 2.05) is 18.7 Å². The number of hydrogen-bond acceptors (Lipinski definition) is 4. The molecule has 0 radical (unpaired) electrons. The van der Waals surface area contributed by atoms with E-state index in [1.165, 1.54) is 10.6 Å². The van der Waals surface area contributed by atoms with Crippen LogP contribution in [0.5, 0.6) is 0 Å². The average Bonchev–Trinajstić information content (AvgIpc) is 2.95. The van der Waals surface area contributed by atoms with E-state index in [-0.39, 0.29) is 5.54 Å². The van der Waals surface area contributed by atoms with Gasteiger partial charge in [0.05, 0.1) is 18.6 Å². The van der Waals surface area contributed by atoms with Crippen molar-refractivity contribution in [1.82, 2.24) is 19.9 Å². The Labute approximate surface area is 118 Å². The van der Waals surface area contributed by atoms with Crippen LogP contribution >= 0.6 is 11.3 Å². The molecule has 0 unspecified atom stereocenters. The normalized spacial score (nSPS) is 12.0. The Morgan fingerprint density at radius 3 is 2.74 bits per heavy atom. The number of aryl methyl sites for hydroxylation is 1. The van der Waals surface area contributed by atoms with Gasteiger partial charge in [0.2, 0.25) is 0 Å². The van der Waals surface area contributed by atoms with E-state index in [9.17, 15) is 0 Å². The minimum atomic E-state index is 0.117. The van der Waals surface area contributed by atoms with Crippen LogP contribution in [0.1, 0.15) is 43.3 Å². The number of hydrogen-bond donors (Lipinski definition) is 1. The minimum absolute atomic E-state index is 0.117. The lowest BCUT2D eigenvalue weighted by atomic mass is 10.1. The van der Waals surface area contributed by atoms with E-state index in [1.54, 1.807) is 11.3 Å². The molecule has 0 atom stereocenters. The van der Waals surface area contributed by atoms with Crippen molar-refractivity contribution in [1.29, 1.82) is 0 Å². The van der Waals surface area contributed by atoms with Gasteiger partial charge in [-0.1, -0.05) is 6.92 Å². The van der Waals surface area contributed by atoms with Crippen molar-refractivity contribution in [2.24, 2.45) is 0 Å². The zero-order chi connectivity index (χ0) is 13.9. The van der Waals surface area contributed by atoms with Crippen LogP contribution < -0.4 is 5.32 Å². The van der Waals surface area contributed by atoms with E-state index in [4.69, 9.17) is 0 Å². The number of rotatable bonds is 5. The number of imidazole rings is 1. The molecule has 0 spiro atoms. The zero-order valence-corrected chi connectivity index (χ0v) is 12.9. The third-order valence-electron chi connectivity index (χ3n) is 2.85. The molecule has 2 rings (SSSR count). The maximum absolute atomic E-state index is 4.46. The Hall–Kier alpha value is -1.20. The van der Waals surface area contributed by atoms with E-state index in [0.717, 1.165) is 24.5 Å². The van der Waals surface area contributed by atoms with Crippen LogP contribution in [0.15, 0.2) is 18.7 Å². The molecule has 0 aromatic carbocycles. The largest absolute Gasteiger partial charge is 0.326 e. The van der Waals surface area contributed by atoms with E-state index >= 15 is 0 Å². The molecule has 19 heavy (non-hydrogen) atoms. The summed E-state index contributed by atoms with van der Waals surface area (Å²) in [6.45, 7) is 10.3. The summed E-state index contributed by atoms with van der Waals surface area (Å²) in [7, 11) is 0. The molecule has 0 aliphatic rings. The Balaban J connectivity index is 2.03. The number of nitrogens with zero attached hydrogens (tertiary/aromatic N) is 3. The van der Waals surface area contributed by atoms with Crippen LogP contribution in [0.2, 0.25) is 0 Å². The van der Waals surface area contributed by atoms with Gasteiger partial charge in [0.25, 0.3) is 0 Å². The second-order valence-corrected chi connectivity index (χ2v) is 6.89. The lowest BCUT2D eigenvalue weighted by Crippen LogP contribution is -2.35. The predicted octanol–water partition coefficient (Wildman–Crippen LogP) is 2.84. The summed E-state index contributed by atoms with van der Waals surface area (Å²) < 4.78 is 2.16. The number of thiazole rings is 1. The lowest BCUT2D eigenvalue weighted by Gasteiger charge is -2.20. The predicted molar refractivity (Wildman–Crippen MR) is 79.4 cm³/mol. The molecule has 0 saturated carbocycles. The van der Waals surface area contributed by atoms with Crippen molar-refractivity contribution >= 4 is 11.3 Å². The number of aromatic nitrogens is 3. The van der Waals surface area contributed by atoms with Gasteiger partial charge in [-0.2, -0.15) is 0 Å². The molecule has 0 amide bonds. The molecule has 2 aromatic rings. The van der Waals surface area contributed by atoms with Crippen molar-refractivity contribution in [3.63, 3.8) is 0 Å². The first-order valence-electron chi connectivity index (χ1n) is 6.65. The highest BCUT2D eigenvalue weighted by atomic mass is 32.1. The summed E-state index contributed by atoms with van der Waals surface area (Å²) in [5.41, 5.74) is 1.31. The smallest absolute Gasteiger partial charge is 0.113 e. The molecule has 104 valence electrons. The molecular weight excluding hydrogens is 256 g/mol. The van der Waals surface area contributed by atoms with Gasteiger partial charge in [-0.3, -0.25) is 0 Å². The van der Waals surface area contributed by atoms with E-state index in [2.05, 4.69) is 47.5 Å². The van der Waals surface area contributed by atoms with Crippen LogP contribution in [0.4, 0.5) is 0 Å². The van der Waals surface area contributed by atoms with Gasteiger partial charge >= 0.3 is 0 Å². The van der Waals surface area contributed by atoms with Gasteiger partial charge in [-0.15, -0.1) is 11.3 Å². The zero-order valence-electron chi connectivity index (χ0n) is 12.1. The molecule has 4 nitrogen and oxygen atoms in total. The second-order valence-electron chi connectivity index (χ2n) is 5.69. The summed E-state index contributed by atoms with van der Waals surface area (Å²) >= 11 is 1.78.